The highest BCUT2D eigenvalue weighted by Crippen LogP contribution is 2.33. The van der Waals surface area contributed by atoms with Gasteiger partial charge in [0.2, 0.25) is 5.95 Å². The molecule has 0 bridgehead atoms. The molecular weight excluding hydrogens is 274 g/mol. The summed E-state index contributed by atoms with van der Waals surface area (Å²) in [5.41, 5.74) is -0.271. The molecule has 0 fully saturated rings. The van der Waals surface area contributed by atoms with Gasteiger partial charge >= 0.3 is 0 Å². The largest absolute Gasteiger partial charge is 0.249 e. The molecule has 2 rings (SSSR count). The zero-order chi connectivity index (χ0) is 12.6. The van der Waals surface area contributed by atoms with Crippen LogP contribution in [-0.2, 0) is 0 Å². The van der Waals surface area contributed by atoms with Crippen LogP contribution >= 0.6 is 23.2 Å². The summed E-state index contributed by atoms with van der Waals surface area (Å²) in [6, 6.07) is 4.82. The summed E-state index contributed by atoms with van der Waals surface area (Å²) in [7, 11) is 0. The zero-order valence-electron chi connectivity index (χ0n) is 8.15. The summed E-state index contributed by atoms with van der Waals surface area (Å²) < 4.78 is 39.1. The third-order valence-corrected chi connectivity index (χ3v) is 2.91. The Balaban J connectivity index is 2.69. The fourth-order valence-corrected chi connectivity index (χ4v) is 1.71. The number of hydrogen-bond donors (Lipinski definition) is 0. The first-order chi connectivity index (χ1) is 8.00. The van der Waals surface area contributed by atoms with Gasteiger partial charge in [-0.05, 0) is 6.07 Å². The van der Waals surface area contributed by atoms with Crippen molar-refractivity contribution in [2.75, 3.05) is 0 Å². The second-order valence-corrected chi connectivity index (χ2v) is 3.98. The Kier molecular flexibility index (Phi) is 3.26. The van der Waals surface area contributed by atoms with Crippen molar-refractivity contribution in [3.05, 3.63) is 51.9 Å². The standard InChI is InChI=1S/C11H4Cl2F3N/c12-6-3-1-2-5(9(6)13)10-7(14)4-8(15)11(16)17-10/h1-4H. The quantitative estimate of drug-likeness (QED) is 0.701. The van der Waals surface area contributed by atoms with Crippen molar-refractivity contribution in [3.63, 3.8) is 0 Å². The van der Waals surface area contributed by atoms with Gasteiger partial charge in [-0.2, -0.15) is 4.39 Å². The Bertz CT molecular complexity index is 587. The highest BCUT2D eigenvalue weighted by Gasteiger charge is 2.16. The maximum Gasteiger partial charge on any atom is 0.249 e. The van der Waals surface area contributed by atoms with Gasteiger partial charge in [-0.3, -0.25) is 0 Å². The van der Waals surface area contributed by atoms with Gasteiger partial charge in [0.05, 0.1) is 10.0 Å². The van der Waals surface area contributed by atoms with Crippen molar-refractivity contribution in [3.8, 4) is 11.3 Å². The third-order valence-electron chi connectivity index (χ3n) is 2.09. The first kappa shape index (κ1) is 12.2. The SMILES string of the molecule is Fc1cc(F)c(-c2cccc(Cl)c2Cl)nc1F. The molecular formula is C11H4Cl2F3N. The number of benzene rings is 1. The lowest BCUT2D eigenvalue weighted by Crippen LogP contribution is -1.97. The summed E-state index contributed by atoms with van der Waals surface area (Å²) in [5.74, 6) is -3.75. The minimum atomic E-state index is -1.39. The van der Waals surface area contributed by atoms with Gasteiger partial charge < -0.3 is 0 Å². The molecule has 1 heterocycles. The van der Waals surface area contributed by atoms with Gasteiger partial charge in [0.15, 0.2) is 11.6 Å². The molecule has 1 nitrogen and oxygen atoms in total. The minimum Gasteiger partial charge on any atom is -0.214 e. The van der Waals surface area contributed by atoms with Crippen molar-refractivity contribution in [2.45, 2.75) is 0 Å². The summed E-state index contributed by atoms with van der Waals surface area (Å²) in [6.45, 7) is 0. The van der Waals surface area contributed by atoms with Crippen LogP contribution in [-0.4, -0.2) is 4.98 Å². The van der Waals surface area contributed by atoms with Crippen LogP contribution < -0.4 is 0 Å². The molecule has 0 saturated heterocycles. The molecule has 0 saturated carbocycles. The molecule has 0 amide bonds. The summed E-state index contributed by atoms with van der Waals surface area (Å²) >= 11 is 11.6. The Labute approximate surface area is 105 Å². The fourth-order valence-electron chi connectivity index (χ4n) is 1.32. The van der Waals surface area contributed by atoms with E-state index >= 15 is 0 Å². The Morgan fingerprint density at radius 3 is 2.41 bits per heavy atom. The summed E-state index contributed by atoms with van der Waals surface area (Å²) in [6.07, 6.45) is 0. The molecule has 0 unspecified atom stereocenters. The predicted molar refractivity (Wildman–Crippen MR) is 59.6 cm³/mol. The molecule has 0 radical (unpaired) electrons. The fraction of sp³-hybridized carbons (Fsp3) is 0. The first-order valence-corrected chi connectivity index (χ1v) is 5.22. The first-order valence-electron chi connectivity index (χ1n) is 4.46. The number of rotatable bonds is 1. The molecule has 1 aromatic heterocycles. The molecule has 2 aromatic rings. The van der Waals surface area contributed by atoms with Gasteiger partial charge in [-0.15, -0.1) is 0 Å². The van der Waals surface area contributed by atoms with Crippen LogP contribution in [0.25, 0.3) is 11.3 Å². The zero-order valence-corrected chi connectivity index (χ0v) is 9.66. The van der Waals surface area contributed by atoms with Gasteiger partial charge in [-0.1, -0.05) is 35.3 Å². The third kappa shape index (κ3) is 2.23. The van der Waals surface area contributed by atoms with E-state index in [2.05, 4.69) is 4.98 Å². The van der Waals surface area contributed by atoms with E-state index in [1.54, 1.807) is 0 Å². The van der Waals surface area contributed by atoms with E-state index in [1.807, 2.05) is 0 Å². The van der Waals surface area contributed by atoms with E-state index in [9.17, 15) is 13.2 Å². The highest BCUT2D eigenvalue weighted by molar-refractivity contribution is 6.43. The van der Waals surface area contributed by atoms with Gasteiger partial charge in [-0.25, -0.2) is 13.8 Å². The Hall–Kier alpha value is -1.26. The molecule has 0 N–H and O–H groups in total. The Morgan fingerprint density at radius 1 is 1.00 bits per heavy atom. The molecule has 17 heavy (non-hydrogen) atoms. The van der Waals surface area contributed by atoms with E-state index in [1.165, 1.54) is 18.2 Å². The van der Waals surface area contributed by atoms with E-state index < -0.39 is 17.6 Å². The van der Waals surface area contributed by atoms with Crippen LogP contribution in [0.2, 0.25) is 10.0 Å². The van der Waals surface area contributed by atoms with Crippen molar-refractivity contribution in [1.29, 1.82) is 0 Å². The van der Waals surface area contributed by atoms with Crippen molar-refractivity contribution < 1.29 is 13.2 Å². The predicted octanol–water partition coefficient (Wildman–Crippen LogP) is 4.47. The number of hydrogen-bond acceptors (Lipinski definition) is 1. The average Bonchev–Trinajstić information content (AvgIpc) is 2.28. The van der Waals surface area contributed by atoms with Gasteiger partial charge in [0.1, 0.15) is 5.69 Å². The number of aromatic nitrogens is 1. The normalized spacial score (nSPS) is 10.6. The van der Waals surface area contributed by atoms with E-state index in [-0.39, 0.29) is 21.3 Å². The lowest BCUT2D eigenvalue weighted by atomic mass is 10.1. The lowest BCUT2D eigenvalue weighted by molar-refractivity contribution is 0.466. The van der Waals surface area contributed by atoms with Crippen LogP contribution in [0.5, 0.6) is 0 Å². The lowest BCUT2D eigenvalue weighted by Gasteiger charge is -2.06. The van der Waals surface area contributed by atoms with Crippen LogP contribution in [0.3, 0.4) is 0 Å². The number of pyridine rings is 1. The van der Waals surface area contributed by atoms with Crippen molar-refractivity contribution in [1.82, 2.24) is 4.98 Å². The maximum atomic E-state index is 13.5. The van der Waals surface area contributed by atoms with Crippen LogP contribution in [0.4, 0.5) is 13.2 Å². The van der Waals surface area contributed by atoms with Gasteiger partial charge in [0.25, 0.3) is 0 Å². The molecule has 6 heteroatoms. The number of halogens is 5. The minimum absolute atomic E-state index is 0.0339. The molecule has 1 aromatic carbocycles. The molecule has 88 valence electrons. The second kappa shape index (κ2) is 4.55. The van der Waals surface area contributed by atoms with Crippen molar-refractivity contribution in [2.24, 2.45) is 0 Å². The molecule has 0 atom stereocenters. The monoisotopic (exact) mass is 277 g/mol. The number of nitrogens with zero attached hydrogens (tertiary/aromatic N) is 1. The smallest absolute Gasteiger partial charge is 0.214 e. The van der Waals surface area contributed by atoms with E-state index in [0.29, 0.717) is 6.07 Å². The summed E-state index contributed by atoms with van der Waals surface area (Å²) in [4.78, 5) is 3.18. The van der Waals surface area contributed by atoms with Gasteiger partial charge in [0, 0.05) is 11.6 Å². The van der Waals surface area contributed by atoms with Crippen LogP contribution in [0, 0.1) is 17.6 Å². The van der Waals surface area contributed by atoms with Crippen LogP contribution in [0.1, 0.15) is 0 Å². The average molecular weight is 278 g/mol. The Morgan fingerprint density at radius 2 is 1.71 bits per heavy atom. The van der Waals surface area contributed by atoms with Crippen LogP contribution in [0.15, 0.2) is 24.3 Å². The van der Waals surface area contributed by atoms with E-state index in [0.717, 1.165) is 0 Å². The summed E-state index contributed by atoms with van der Waals surface area (Å²) in [5, 5.41) is 0.210. The highest BCUT2D eigenvalue weighted by atomic mass is 35.5. The molecule has 0 spiro atoms. The van der Waals surface area contributed by atoms with E-state index in [4.69, 9.17) is 23.2 Å². The molecule has 0 aliphatic carbocycles. The topological polar surface area (TPSA) is 12.9 Å². The second-order valence-electron chi connectivity index (χ2n) is 3.19. The molecule has 0 aliphatic rings. The van der Waals surface area contributed by atoms with Crippen molar-refractivity contribution >= 4 is 23.2 Å². The molecule has 0 aliphatic heterocycles. The maximum absolute atomic E-state index is 13.5.